The number of aromatic nitrogens is 3. The van der Waals surface area contributed by atoms with Crippen LogP contribution in [-0.2, 0) is 6.54 Å². The van der Waals surface area contributed by atoms with E-state index in [4.69, 9.17) is 0 Å². The third-order valence-electron chi connectivity index (χ3n) is 6.89. The van der Waals surface area contributed by atoms with Gasteiger partial charge < -0.3 is 15.5 Å². The van der Waals surface area contributed by atoms with Crippen molar-refractivity contribution in [2.24, 2.45) is 0 Å². The molecule has 0 bridgehead atoms. The first-order chi connectivity index (χ1) is 19.6. The molecule has 4 aromatic rings. The molecular weight excluding hydrogens is 498 g/mol. The maximum Gasteiger partial charge on any atom is 0.255 e. The largest absolute Gasteiger partial charge is 0.324 e. The van der Waals surface area contributed by atoms with E-state index in [1.165, 1.54) is 5.56 Å². The minimum atomic E-state index is -0.141. The van der Waals surface area contributed by atoms with Gasteiger partial charge in [-0.2, -0.15) is 0 Å². The van der Waals surface area contributed by atoms with Crippen LogP contribution in [-0.4, -0.2) is 63.4 Å². The summed E-state index contributed by atoms with van der Waals surface area (Å²) in [6.07, 6.45) is 5.22. The Morgan fingerprint density at radius 3 is 2.38 bits per heavy atom. The minimum absolute atomic E-state index is 0.141. The van der Waals surface area contributed by atoms with Gasteiger partial charge in [-0.15, -0.1) is 0 Å². The lowest BCUT2D eigenvalue weighted by molar-refractivity contribution is 0.102. The average Bonchev–Trinajstić information content (AvgIpc) is 3.01. The molecule has 8 nitrogen and oxygen atoms in total. The molecule has 0 radical (unpaired) electrons. The van der Waals surface area contributed by atoms with Crippen LogP contribution in [0.5, 0.6) is 0 Å². The fraction of sp³-hybridized carbons (Fsp3) is 0.312. The summed E-state index contributed by atoms with van der Waals surface area (Å²) >= 11 is 0. The van der Waals surface area contributed by atoms with Crippen molar-refractivity contribution in [3.8, 4) is 11.3 Å². The van der Waals surface area contributed by atoms with Crippen molar-refractivity contribution < 1.29 is 4.79 Å². The Labute approximate surface area is 237 Å². The van der Waals surface area contributed by atoms with E-state index < -0.39 is 0 Å². The predicted octanol–water partition coefficient (Wildman–Crippen LogP) is 6.01. The van der Waals surface area contributed by atoms with Crippen molar-refractivity contribution >= 4 is 23.2 Å². The molecule has 0 aliphatic carbocycles. The Balaban J connectivity index is 0.00000181. The Morgan fingerprint density at radius 1 is 0.925 bits per heavy atom. The van der Waals surface area contributed by atoms with Crippen LogP contribution in [0.4, 0.5) is 17.3 Å². The third-order valence-corrected chi connectivity index (χ3v) is 6.89. The number of nitrogens with one attached hydrogen (secondary N) is 2. The molecule has 1 saturated heterocycles. The van der Waals surface area contributed by atoms with Crippen LogP contribution in [0, 0.1) is 6.92 Å². The zero-order valence-corrected chi connectivity index (χ0v) is 23.9. The third kappa shape index (κ3) is 7.71. The lowest BCUT2D eigenvalue weighted by Crippen LogP contribution is -2.45. The van der Waals surface area contributed by atoms with Crippen LogP contribution in [0.25, 0.3) is 11.3 Å². The molecule has 0 spiro atoms. The number of anilines is 3. The lowest BCUT2D eigenvalue weighted by atomic mass is 10.1. The average molecular weight is 538 g/mol. The van der Waals surface area contributed by atoms with E-state index in [-0.39, 0.29) is 5.91 Å². The number of hydrogen-bond donors (Lipinski definition) is 2. The molecule has 1 amide bonds. The van der Waals surface area contributed by atoms with Crippen LogP contribution in [0.15, 0.2) is 79.3 Å². The molecular formula is C32H39N7O. The smallest absolute Gasteiger partial charge is 0.255 e. The molecule has 2 aromatic carbocycles. The molecule has 0 unspecified atom stereocenters. The van der Waals surface area contributed by atoms with Gasteiger partial charge in [-0.3, -0.25) is 14.7 Å². The summed E-state index contributed by atoms with van der Waals surface area (Å²) in [7, 11) is 0. The van der Waals surface area contributed by atoms with E-state index in [0.717, 1.165) is 61.8 Å². The second-order valence-corrected chi connectivity index (χ2v) is 9.52. The molecule has 5 rings (SSSR count). The van der Waals surface area contributed by atoms with Crippen LogP contribution >= 0.6 is 0 Å². The van der Waals surface area contributed by atoms with Gasteiger partial charge in [0, 0.05) is 73.8 Å². The number of piperazine rings is 1. The molecule has 2 aromatic heterocycles. The number of aryl methyl sites for hydroxylation is 1. The van der Waals surface area contributed by atoms with Gasteiger partial charge in [-0.25, -0.2) is 9.97 Å². The zero-order valence-electron chi connectivity index (χ0n) is 23.9. The van der Waals surface area contributed by atoms with Crippen molar-refractivity contribution in [1.82, 2.24) is 24.8 Å². The number of carbonyl (C=O) groups excluding carboxylic acids is 1. The van der Waals surface area contributed by atoms with Crippen LogP contribution in [0.1, 0.15) is 42.3 Å². The van der Waals surface area contributed by atoms with Gasteiger partial charge in [0.15, 0.2) is 0 Å². The number of amides is 1. The quantitative estimate of drug-likeness (QED) is 0.285. The topological polar surface area (TPSA) is 86.3 Å². The Morgan fingerprint density at radius 2 is 1.68 bits per heavy atom. The second kappa shape index (κ2) is 14.3. The lowest BCUT2D eigenvalue weighted by Gasteiger charge is -2.34. The van der Waals surface area contributed by atoms with Crippen molar-refractivity contribution in [3.05, 3.63) is 95.9 Å². The van der Waals surface area contributed by atoms with Gasteiger partial charge in [0.1, 0.15) is 0 Å². The predicted molar refractivity (Wildman–Crippen MR) is 163 cm³/mol. The first-order valence-electron chi connectivity index (χ1n) is 14.0. The van der Waals surface area contributed by atoms with Gasteiger partial charge in [0.25, 0.3) is 5.91 Å². The normalized spacial score (nSPS) is 13.7. The summed E-state index contributed by atoms with van der Waals surface area (Å²) in [5.41, 5.74) is 6.09. The van der Waals surface area contributed by atoms with Crippen LogP contribution in [0.2, 0.25) is 0 Å². The molecule has 3 heterocycles. The molecule has 0 atom stereocenters. The molecule has 1 fully saturated rings. The molecule has 40 heavy (non-hydrogen) atoms. The summed E-state index contributed by atoms with van der Waals surface area (Å²) in [6, 6.07) is 19.4. The molecule has 208 valence electrons. The minimum Gasteiger partial charge on any atom is -0.324 e. The van der Waals surface area contributed by atoms with E-state index in [9.17, 15) is 4.79 Å². The Bertz CT molecular complexity index is 1370. The molecule has 0 saturated carbocycles. The highest BCUT2D eigenvalue weighted by Gasteiger charge is 2.16. The highest BCUT2D eigenvalue weighted by atomic mass is 16.1. The number of nitrogens with zero attached hydrogens (tertiary/aromatic N) is 5. The maximum absolute atomic E-state index is 13.0. The second-order valence-electron chi connectivity index (χ2n) is 9.52. The Kier molecular flexibility index (Phi) is 10.3. The van der Waals surface area contributed by atoms with E-state index in [0.29, 0.717) is 17.2 Å². The molecule has 1 aliphatic rings. The summed E-state index contributed by atoms with van der Waals surface area (Å²) in [4.78, 5) is 31.1. The summed E-state index contributed by atoms with van der Waals surface area (Å²) in [6.45, 7) is 14.6. The van der Waals surface area contributed by atoms with E-state index in [2.05, 4.69) is 54.4 Å². The van der Waals surface area contributed by atoms with Crippen molar-refractivity contribution in [2.75, 3.05) is 43.4 Å². The summed E-state index contributed by atoms with van der Waals surface area (Å²) in [5, 5.41) is 6.30. The van der Waals surface area contributed by atoms with Crippen molar-refractivity contribution in [2.45, 2.75) is 34.2 Å². The zero-order chi connectivity index (χ0) is 28.3. The highest BCUT2D eigenvalue weighted by Crippen LogP contribution is 2.25. The standard InChI is InChI=1S/C30H33N7O.C2H6/c1-3-36-15-17-37(18-16-36)21-23-7-9-24(10-8-23)29(38)33-26-11-6-22(2)28(19-26)35-30-32-14-12-27(34-30)25-5-4-13-31-20-25;1-2/h4-14,19-20H,3,15-18,21H2,1-2H3,(H,33,38)(H,32,34,35);1-2H3. The first kappa shape index (κ1) is 28.9. The van der Waals surface area contributed by atoms with Crippen molar-refractivity contribution in [3.63, 3.8) is 0 Å². The fourth-order valence-corrected chi connectivity index (χ4v) is 4.54. The number of hydrogen-bond acceptors (Lipinski definition) is 7. The summed E-state index contributed by atoms with van der Waals surface area (Å²) < 4.78 is 0. The van der Waals surface area contributed by atoms with E-state index >= 15 is 0 Å². The van der Waals surface area contributed by atoms with Gasteiger partial charge in [0.2, 0.25) is 5.95 Å². The number of carbonyl (C=O) groups is 1. The number of rotatable bonds is 8. The number of pyridine rings is 1. The molecule has 8 heteroatoms. The molecule has 1 aliphatic heterocycles. The van der Waals surface area contributed by atoms with E-state index in [1.54, 1.807) is 18.6 Å². The first-order valence-corrected chi connectivity index (χ1v) is 14.0. The van der Waals surface area contributed by atoms with Gasteiger partial charge in [-0.1, -0.05) is 39.0 Å². The van der Waals surface area contributed by atoms with Crippen LogP contribution < -0.4 is 10.6 Å². The van der Waals surface area contributed by atoms with Gasteiger partial charge >= 0.3 is 0 Å². The monoisotopic (exact) mass is 537 g/mol. The fourth-order valence-electron chi connectivity index (χ4n) is 4.54. The Hall–Kier alpha value is -4.14. The van der Waals surface area contributed by atoms with Gasteiger partial charge in [0.05, 0.1) is 5.69 Å². The number of likely N-dealkylation sites (N-methyl/N-ethyl adjacent to an activating group) is 1. The SMILES string of the molecule is CC.CCN1CCN(Cc2ccc(C(=O)Nc3ccc(C)c(Nc4nccc(-c5cccnc5)n4)c3)cc2)CC1. The molecule has 2 N–H and O–H groups in total. The van der Waals surface area contributed by atoms with Crippen LogP contribution in [0.3, 0.4) is 0 Å². The van der Waals surface area contributed by atoms with Gasteiger partial charge in [-0.05, 0) is 67.1 Å². The summed E-state index contributed by atoms with van der Waals surface area (Å²) in [5.74, 6) is 0.336. The maximum atomic E-state index is 13.0. The van der Waals surface area contributed by atoms with E-state index in [1.807, 2.05) is 69.3 Å². The van der Waals surface area contributed by atoms with Crippen molar-refractivity contribution in [1.29, 1.82) is 0 Å². The highest BCUT2D eigenvalue weighted by molar-refractivity contribution is 6.04. The number of benzene rings is 2.